The number of nitrogens with zero attached hydrogens (tertiary/aromatic N) is 1. The highest BCUT2D eigenvalue weighted by Crippen LogP contribution is 2.19. The van der Waals surface area contributed by atoms with Crippen LogP contribution in [0.25, 0.3) is 0 Å². The first-order chi connectivity index (χ1) is 6.99. The lowest BCUT2D eigenvalue weighted by atomic mass is 10.1. The summed E-state index contributed by atoms with van der Waals surface area (Å²) in [7, 11) is 1.49. The quantitative estimate of drug-likeness (QED) is 0.832. The molecule has 0 spiro atoms. The first kappa shape index (κ1) is 12.4. The molecule has 84 valence electrons. The number of carbonyl (C=O) groups is 1. The van der Waals surface area contributed by atoms with Gasteiger partial charge in [-0.15, -0.1) is 22.9 Å². The molecule has 1 aromatic rings. The second kappa shape index (κ2) is 4.92. The van der Waals surface area contributed by atoms with E-state index >= 15 is 0 Å². The minimum atomic E-state index is -0.854. The maximum Gasteiger partial charge on any atom is 0.257 e. The van der Waals surface area contributed by atoms with Crippen molar-refractivity contribution in [3.63, 3.8) is 0 Å². The molecule has 0 aliphatic carbocycles. The number of rotatable bonds is 4. The molecule has 1 aromatic heterocycles. The molecule has 4 nitrogen and oxygen atoms in total. The van der Waals surface area contributed by atoms with Gasteiger partial charge in [0.15, 0.2) is 5.13 Å². The summed E-state index contributed by atoms with van der Waals surface area (Å²) in [5, 5.41) is 5.02. The number of hydrogen-bond acceptors (Lipinski definition) is 4. The van der Waals surface area contributed by atoms with Crippen molar-refractivity contribution in [1.29, 1.82) is 0 Å². The molecule has 0 saturated carbocycles. The fourth-order valence-electron chi connectivity index (χ4n) is 0.766. The van der Waals surface area contributed by atoms with E-state index in [9.17, 15) is 4.79 Å². The number of anilines is 1. The van der Waals surface area contributed by atoms with Gasteiger partial charge in [-0.3, -0.25) is 10.1 Å². The molecule has 0 saturated heterocycles. The summed E-state index contributed by atoms with van der Waals surface area (Å²) in [5.74, 6) is 0.125. The van der Waals surface area contributed by atoms with Gasteiger partial charge in [0.2, 0.25) is 0 Å². The Balaban J connectivity index is 2.66. The average molecular weight is 249 g/mol. The summed E-state index contributed by atoms with van der Waals surface area (Å²) in [4.78, 5) is 15.8. The van der Waals surface area contributed by atoms with Crippen LogP contribution in [0.4, 0.5) is 5.13 Å². The third-order valence-electron chi connectivity index (χ3n) is 1.97. The van der Waals surface area contributed by atoms with Crippen LogP contribution in [0.15, 0.2) is 5.38 Å². The molecule has 1 heterocycles. The van der Waals surface area contributed by atoms with Gasteiger partial charge in [0, 0.05) is 12.5 Å². The second-order valence-electron chi connectivity index (χ2n) is 3.45. The Morgan fingerprint density at radius 2 is 2.40 bits per heavy atom. The summed E-state index contributed by atoms with van der Waals surface area (Å²) in [5.41, 5.74) is -0.0977. The van der Waals surface area contributed by atoms with Gasteiger partial charge in [-0.2, -0.15) is 0 Å². The van der Waals surface area contributed by atoms with Crippen molar-refractivity contribution in [3.05, 3.63) is 11.1 Å². The summed E-state index contributed by atoms with van der Waals surface area (Å²) in [6, 6.07) is 0. The number of amides is 1. The van der Waals surface area contributed by atoms with Crippen LogP contribution in [0.2, 0.25) is 0 Å². The van der Waals surface area contributed by atoms with Crippen LogP contribution in [0.5, 0.6) is 0 Å². The average Bonchev–Trinajstić information content (AvgIpc) is 2.65. The van der Waals surface area contributed by atoms with Gasteiger partial charge >= 0.3 is 0 Å². The Morgan fingerprint density at radius 3 is 2.87 bits per heavy atom. The number of carbonyl (C=O) groups excluding carboxylic acids is 1. The highest BCUT2D eigenvalue weighted by molar-refractivity contribution is 7.14. The summed E-state index contributed by atoms with van der Waals surface area (Å²) in [6.07, 6.45) is 0. The first-order valence-electron chi connectivity index (χ1n) is 4.36. The van der Waals surface area contributed by atoms with Crippen LogP contribution in [0.1, 0.15) is 19.5 Å². The standard InChI is InChI=1S/C9H13ClN2O2S/c1-9(2,14-3)7(13)12-8-11-6(4-10)5-15-8/h5H,4H2,1-3H3,(H,11,12,13). The van der Waals surface area contributed by atoms with Crippen LogP contribution in [0.3, 0.4) is 0 Å². The fraction of sp³-hybridized carbons (Fsp3) is 0.556. The highest BCUT2D eigenvalue weighted by Gasteiger charge is 2.27. The Bertz CT molecular complexity index is 352. The zero-order chi connectivity index (χ0) is 11.5. The van der Waals surface area contributed by atoms with E-state index in [4.69, 9.17) is 16.3 Å². The van der Waals surface area contributed by atoms with Gasteiger partial charge in [0.25, 0.3) is 5.91 Å². The van der Waals surface area contributed by atoms with Gasteiger partial charge in [-0.25, -0.2) is 4.98 Å². The normalized spacial score (nSPS) is 11.5. The summed E-state index contributed by atoms with van der Waals surface area (Å²) < 4.78 is 5.04. The maximum atomic E-state index is 11.7. The molecule has 1 N–H and O–H groups in total. The van der Waals surface area contributed by atoms with E-state index < -0.39 is 5.60 Å². The number of nitrogens with one attached hydrogen (secondary N) is 1. The highest BCUT2D eigenvalue weighted by atomic mass is 35.5. The summed E-state index contributed by atoms with van der Waals surface area (Å²) >= 11 is 6.95. The fourth-order valence-corrected chi connectivity index (χ4v) is 1.70. The van der Waals surface area contributed by atoms with Crippen LogP contribution < -0.4 is 5.32 Å². The van der Waals surface area contributed by atoms with E-state index in [-0.39, 0.29) is 5.91 Å². The van der Waals surface area contributed by atoms with Gasteiger partial charge in [0.05, 0.1) is 11.6 Å². The number of aromatic nitrogens is 1. The lowest BCUT2D eigenvalue weighted by molar-refractivity contribution is -0.133. The van der Waals surface area contributed by atoms with Crippen molar-refractivity contribution in [2.75, 3.05) is 12.4 Å². The van der Waals surface area contributed by atoms with Crippen molar-refractivity contribution in [2.45, 2.75) is 25.3 Å². The molecular weight excluding hydrogens is 236 g/mol. The number of halogens is 1. The number of ether oxygens (including phenoxy) is 1. The third kappa shape index (κ3) is 3.15. The number of thiazole rings is 1. The molecule has 15 heavy (non-hydrogen) atoms. The lowest BCUT2D eigenvalue weighted by Gasteiger charge is -2.20. The molecule has 0 aliphatic rings. The zero-order valence-electron chi connectivity index (χ0n) is 8.83. The smallest absolute Gasteiger partial charge is 0.257 e. The van der Waals surface area contributed by atoms with E-state index in [0.717, 1.165) is 5.69 Å². The van der Waals surface area contributed by atoms with Gasteiger partial charge in [-0.1, -0.05) is 0 Å². The molecule has 0 aliphatic heterocycles. The predicted molar refractivity (Wildman–Crippen MR) is 61.4 cm³/mol. The molecule has 1 rings (SSSR count). The van der Waals surface area contributed by atoms with E-state index in [1.807, 2.05) is 5.38 Å². The van der Waals surface area contributed by atoms with E-state index in [0.29, 0.717) is 11.0 Å². The van der Waals surface area contributed by atoms with Crippen molar-refractivity contribution in [1.82, 2.24) is 4.98 Å². The SMILES string of the molecule is COC(C)(C)C(=O)Nc1nc(CCl)cs1. The molecule has 6 heteroatoms. The molecule has 1 amide bonds. The predicted octanol–water partition coefficient (Wildman–Crippen LogP) is 2.25. The molecule has 0 fully saturated rings. The van der Waals surface area contributed by atoms with Crippen molar-refractivity contribution in [3.8, 4) is 0 Å². The molecule has 0 radical (unpaired) electrons. The van der Waals surface area contributed by atoms with Crippen molar-refractivity contribution < 1.29 is 9.53 Å². The monoisotopic (exact) mass is 248 g/mol. The third-order valence-corrected chi connectivity index (χ3v) is 3.05. The second-order valence-corrected chi connectivity index (χ2v) is 4.57. The van der Waals surface area contributed by atoms with E-state index in [1.54, 1.807) is 13.8 Å². The van der Waals surface area contributed by atoms with Crippen LogP contribution in [-0.2, 0) is 15.4 Å². The van der Waals surface area contributed by atoms with Crippen LogP contribution in [0, 0.1) is 0 Å². The molecule has 0 unspecified atom stereocenters. The molecule has 0 atom stereocenters. The van der Waals surface area contributed by atoms with Crippen molar-refractivity contribution in [2.24, 2.45) is 0 Å². The molecular formula is C9H13ClN2O2S. The zero-order valence-corrected chi connectivity index (χ0v) is 10.4. The Labute approximate surface area is 97.6 Å². The van der Waals surface area contributed by atoms with Crippen LogP contribution in [-0.4, -0.2) is 23.6 Å². The first-order valence-corrected chi connectivity index (χ1v) is 5.78. The summed E-state index contributed by atoms with van der Waals surface area (Å²) in [6.45, 7) is 3.39. The number of hydrogen-bond donors (Lipinski definition) is 1. The molecule has 0 aromatic carbocycles. The number of alkyl halides is 1. The Kier molecular flexibility index (Phi) is 4.07. The van der Waals surface area contributed by atoms with Gasteiger partial charge in [-0.05, 0) is 13.8 Å². The Hall–Kier alpha value is -0.650. The minimum absolute atomic E-state index is 0.222. The van der Waals surface area contributed by atoms with E-state index in [2.05, 4.69) is 10.3 Å². The maximum absolute atomic E-state index is 11.7. The topological polar surface area (TPSA) is 51.2 Å². The van der Waals surface area contributed by atoms with Crippen LogP contribution >= 0.6 is 22.9 Å². The largest absolute Gasteiger partial charge is 0.369 e. The van der Waals surface area contributed by atoms with Gasteiger partial charge < -0.3 is 4.74 Å². The minimum Gasteiger partial charge on any atom is -0.369 e. The van der Waals surface area contributed by atoms with Crippen molar-refractivity contribution >= 4 is 34.0 Å². The Morgan fingerprint density at radius 1 is 1.73 bits per heavy atom. The lowest BCUT2D eigenvalue weighted by Crippen LogP contribution is -2.38. The number of methoxy groups -OCH3 is 1. The molecule has 0 bridgehead atoms. The van der Waals surface area contributed by atoms with Gasteiger partial charge in [0.1, 0.15) is 5.60 Å². The van der Waals surface area contributed by atoms with E-state index in [1.165, 1.54) is 18.4 Å².